The average molecular weight is 841 g/mol. The van der Waals surface area contributed by atoms with Gasteiger partial charge in [-0.05, 0) is 150 Å². The minimum absolute atomic E-state index is 0.00121. The number of urea groups is 2. The molecule has 318 valence electrons. The molecule has 61 heavy (non-hydrogen) atoms. The van der Waals surface area contributed by atoms with Crippen molar-refractivity contribution in [3.05, 3.63) is 124 Å². The summed E-state index contributed by atoms with van der Waals surface area (Å²) in [6.45, 7) is 12.2. The van der Waals surface area contributed by atoms with E-state index in [4.69, 9.17) is 10.5 Å². The number of thioether (sulfide) groups is 1. The number of amides is 6. The van der Waals surface area contributed by atoms with E-state index in [1.807, 2.05) is 123 Å². The van der Waals surface area contributed by atoms with Crippen molar-refractivity contribution in [3.8, 4) is 12.1 Å². The lowest BCUT2D eigenvalue weighted by atomic mass is 9.88. The Morgan fingerprint density at radius 1 is 0.607 bits per heavy atom. The van der Waals surface area contributed by atoms with Gasteiger partial charge in [0.25, 0.3) is 11.8 Å². The number of piperidine rings is 2. The molecule has 4 N–H and O–H groups in total. The van der Waals surface area contributed by atoms with Crippen LogP contribution >= 0.6 is 11.8 Å². The van der Waals surface area contributed by atoms with E-state index in [0.29, 0.717) is 71.6 Å². The highest BCUT2D eigenvalue weighted by molar-refractivity contribution is 7.98. The summed E-state index contributed by atoms with van der Waals surface area (Å²) in [7, 11) is 0. The summed E-state index contributed by atoms with van der Waals surface area (Å²) in [6.07, 6.45) is 5.51. The fourth-order valence-corrected chi connectivity index (χ4v) is 8.14. The molecule has 2 saturated heterocycles. The molecule has 6 amide bonds. The molecule has 0 saturated carbocycles. The smallest absolute Gasteiger partial charge is 0.319 e. The molecular formula is C48H56N8O4S. The van der Waals surface area contributed by atoms with Crippen molar-refractivity contribution in [1.82, 2.24) is 20.4 Å². The first-order chi connectivity index (χ1) is 29.3. The Bertz CT molecular complexity index is 2250. The third-order valence-electron chi connectivity index (χ3n) is 10.8. The number of hydrogen-bond donors (Lipinski definition) is 4. The number of nitrogens with one attached hydrogen (secondary N) is 4. The predicted octanol–water partition coefficient (Wildman–Crippen LogP) is 9.25. The van der Waals surface area contributed by atoms with Crippen LogP contribution in [-0.4, -0.2) is 78.2 Å². The number of anilines is 2. The maximum absolute atomic E-state index is 13.3. The van der Waals surface area contributed by atoms with Crippen molar-refractivity contribution in [3.63, 3.8) is 0 Å². The zero-order valence-electron chi connectivity index (χ0n) is 35.9. The maximum atomic E-state index is 13.3. The van der Waals surface area contributed by atoms with Crippen LogP contribution in [0, 0.1) is 29.6 Å². The van der Waals surface area contributed by atoms with E-state index in [1.54, 1.807) is 12.1 Å². The Labute approximate surface area is 364 Å². The zero-order valence-corrected chi connectivity index (χ0v) is 36.7. The molecule has 0 spiro atoms. The highest BCUT2D eigenvalue weighted by Crippen LogP contribution is 2.32. The summed E-state index contributed by atoms with van der Waals surface area (Å²) in [5.74, 6) is 0.786. The summed E-state index contributed by atoms with van der Waals surface area (Å²) in [5.41, 5.74) is 7.11. The van der Waals surface area contributed by atoms with Gasteiger partial charge in [0.05, 0.1) is 28.8 Å². The Morgan fingerprint density at radius 2 is 1.00 bits per heavy atom. The summed E-state index contributed by atoms with van der Waals surface area (Å²) in [5, 5.41) is 29.1. The van der Waals surface area contributed by atoms with E-state index in [-0.39, 0.29) is 36.0 Å². The number of likely N-dealkylation sites (tertiary alicyclic amines) is 2. The quantitative estimate of drug-likeness (QED) is 0.122. The molecular weight excluding hydrogens is 785 g/mol. The van der Waals surface area contributed by atoms with Crippen molar-refractivity contribution < 1.29 is 19.2 Å². The number of rotatable bonds is 9. The second kappa shape index (κ2) is 21.8. The zero-order chi connectivity index (χ0) is 44.1. The molecule has 4 aromatic carbocycles. The standard InChI is InChI=1S/C24H28N4O2S.C24H28N4O2/c1-16(2)26-24(30)27-20-8-9-22(31-3)21(14-20)23(29)28-12-10-19(11-13-28)18-6-4-17(15-25)5-7-18;1-16(2)26-24(30)27-21-9-4-17(3)22(14-21)23(29)28-12-10-20(11-13-28)19-7-5-18(15-25)6-8-19/h4-9,14,16,19H,10-13H2,1-3H3,(H2,26,27,30);4-9,14,16,20H,10-13H2,1-3H3,(H2,26,27,30). The van der Waals surface area contributed by atoms with Crippen LogP contribution in [-0.2, 0) is 0 Å². The molecule has 0 aliphatic carbocycles. The molecule has 2 heterocycles. The van der Waals surface area contributed by atoms with Crippen LogP contribution in [0.4, 0.5) is 21.0 Å². The monoisotopic (exact) mass is 840 g/mol. The normalized spacial score (nSPS) is 14.3. The number of carbonyl (C=O) groups is 4. The fraction of sp³-hybridized carbons (Fsp3) is 0.375. The summed E-state index contributed by atoms with van der Waals surface area (Å²) >= 11 is 1.52. The molecule has 0 radical (unpaired) electrons. The summed E-state index contributed by atoms with van der Waals surface area (Å²) < 4.78 is 0. The van der Waals surface area contributed by atoms with Gasteiger partial charge in [0.15, 0.2) is 0 Å². The van der Waals surface area contributed by atoms with Gasteiger partial charge in [0, 0.05) is 60.1 Å². The van der Waals surface area contributed by atoms with Crippen LogP contribution in [0.1, 0.15) is 114 Å². The van der Waals surface area contributed by atoms with Gasteiger partial charge < -0.3 is 31.1 Å². The molecule has 0 bridgehead atoms. The van der Waals surface area contributed by atoms with E-state index in [9.17, 15) is 19.2 Å². The lowest BCUT2D eigenvalue weighted by Gasteiger charge is -2.32. The number of hydrogen-bond acceptors (Lipinski definition) is 7. The van der Waals surface area contributed by atoms with Gasteiger partial charge in [0.1, 0.15) is 0 Å². The molecule has 0 unspecified atom stereocenters. The van der Waals surface area contributed by atoms with Crippen LogP contribution in [0.5, 0.6) is 0 Å². The SMILES string of the molecule is CSc1ccc(NC(=O)NC(C)C)cc1C(=O)N1CCC(c2ccc(C#N)cc2)CC1.Cc1ccc(NC(=O)NC(C)C)cc1C(=O)N1CCC(c2ccc(C#N)cc2)CC1. The molecule has 2 fully saturated rings. The van der Waals surface area contributed by atoms with Gasteiger partial charge in [-0.15, -0.1) is 11.8 Å². The van der Waals surface area contributed by atoms with Crippen LogP contribution in [0.15, 0.2) is 89.8 Å². The van der Waals surface area contributed by atoms with E-state index >= 15 is 0 Å². The molecule has 12 nitrogen and oxygen atoms in total. The second-order valence-electron chi connectivity index (χ2n) is 16.1. The van der Waals surface area contributed by atoms with Crippen LogP contribution in [0.25, 0.3) is 0 Å². The number of carbonyl (C=O) groups excluding carboxylic acids is 4. The highest BCUT2D eigenvalue weighted by Gasteiger charge is 2.28. The third kappa shape index (κ3) is 12.8. The van der Waals surface area contributed by atoms with Gasteiger partial charge in [-0.2, -0.15) is 10.5 Å². The van der Waals surface area contributed by atoms with Gasteiger partial charge in [0.2, 0.25) is 0 Å². The Balaban J connectivity index is 0.000000231. The molecule has 0 atom stereocenters. The Morgan fingerprint density at radius 3 is 1.39 bits per heavy atom. The van der Waals surface area contributed by atoms with Gasteiger partial charge in [-0.3, -0.25) is 9.59 Å². The van der Waals surface area contributed by atoms with Crippen molar-refractivity contribution in [2.45, 2.75) is 89.1 Å². The van der Waals surface area contributed by atoms with E-state index in [1.165, 1.54) is 22.9 Å². The average Bonchev–Trinajstić information content (AvgIpc) is 3.26. The third-order valence-corrected chi connectivity index (χ3v) is 11.6. The van der Waals surface area contributed by atoms with Crippen molar-refractivity contribution >= 4 is 47.0 Å². The van der Waals surface area contributed by atoms with Crippen molar-refractivity contribution in [2.24, 2.45) is 0 Å². The van der Waals surface area contributed by atoms with Crippen molar-refractivity contribution in [2.75, 3.05) is 43.1 Å². The number of nitriles is 2. The minimum atomic E-state index is -0.284. The lowest BCUT2D eigenvalue weighted by Crippen LogP contribution is -2.38. The Hall–Kier alpha value is -6.31. The topological polar surface area (TPSA) is 170 Å². The van der Waals surface area contributed by atoms with Gasteiger partial charge >= 0.3 is 12.1 Å². The highest BCUT2D eigenvalue weighted by atomic mass is 32.2. The van der Waals surface area contributed by atoms with Crippen LogP contribution in [0.3, 0.4) is 0 Å². The second-order valence-corrected chi connectivity index (χ2v) is 16.9. The van der Waals surface area contributed by atoms with Gasteiger partial charge in [-0.25, -0.2) is 9.59 Å². The maximum Gasteiger partial charge on any atom is 0.319 e. The van der Waals surface area contributed by atoms with E-state index in [0.717, 1.165) is 36.1 Å². The minimum Gasteiger partial charge on any atom is -0.339 e. The largest absolute Gasteiger partial charge is 0.339 e. The first-order valence-electron chi connectivity index (χ1n) is 20.8. The molecule has 0 aromatic heterocycles. The molecule has 13 heteroatoms. The fourth-order valence-electron chi connectivity index (χ4n) is 7.57. The number of benzene rings is 4. The first-order valence-corrected chi connectivity index (χ1v) is 22.0. The van der Waals surface area contributed by atoms with E-state index in [2.05, 4.69) is 33.4 Å². The van der Waals surface area contributed by atoms with Gasteiger partial charge in [-0.1, -0.05) is 30.3 Å². The summed E-state index contributed by atoms with van der Waals surface area (Å²) in [4.78, 5) is 55.1. The molecule has 2 aliphatic heterocycles. The predicted molar refractivity (Wildman–Crippen MR) is 242 cm³/mol. The van der Waals surface area contributed by atoms with E-state index < -0.39 is 0 Å². The van der Waals surface area contributed by atoms with Crippen LogP contribution in [0.2, 0.25) is 0 Å². The lowest BCUT2D eigenvalue weighted by molar-refractivity contribution is 0.0703. The number of aryl methyl sites for hydroxylation is 1. The number of nitrogens with zero attached hydrogens (tertiary/aromatic N) is 4. The molecule has 2 aliphatic rings. The summed E-state index contributed by atoms with van der Waals surface area (Å²) in [6, 6.07) is 30.2. The first kappa shape index (κ1) is 45.8. The Kier molecular flexibility index (Phi) is 16.4. The van der Waals surface area contributed by atoms with Crippen molar-refractivity contribution in [1.29, 1.82) is 10.5 Å². The van der Waals surface area contributed by atoms with Crippen LogP contribution < -0.4 is 21.3 Å². The molecule has 4 aromatic rings. The molecule has 6 rings (SSSR count).